The Morgan fingerprint density at radius 2 is 1.73 bits per heavy atom. The first kappa shape index (κ1) is 24.5. The smallest absolute Gasteiger partial charge is 0.298 e. The molecule has 2 N–H and O–H groups in total. The van der Waals surface area contributed by atoms with Gasteiger partial charge in [0.15, 0.2) is 5.82 Å². The molecule has 1 saturated heterocycles. The van der Waals surface area contributed by atoms with E-state index < -0.39 is 11.7 Å². The van der Waals surface area contributed by atoms with E-state index >= 15 is 0 Å². The summed E-state index contributed by atoms with van der Waals surface area (Å²) >= 11 is 0. The van der Waals surface area contributed by atoms with E-state index in [1.54, 1.807) is 18.3 Å². The third-order valence-corrected chi connectivity index (χ3v) is 6.23. The van der Waals surface area contributed by atoms with Gasteiger partial charge in [-0.15, -0.1) is 0 Å². The molecular formula is C28H29N5O4. The fourth-order valence-electron chi connectivity index (χ4n) is 4.21. The van der Waals surface area contributed by atoms with Gasteiger partial charge in [0.2, 0.25) is 0 Å². The summed E-state index contributed by atoms with van der Waals surface area (Å²) in [4.78, 5) is 32.6. The van der Waals surface area contributed by atoms with Gasteiger partial charge in [-0.05, 0) is 23.6 Å². The zero-order chi connectivity index (χ0) is 26.0. The molecule has 9 nitrogen and oxygen atoms in total. The van der Waals surface area contributed by atoms with Crippen molar-refractivity contribution in [3.05, 3.63) is 72.1 Å². The Labute approximate surface area is 214 Å². The Kier molecular flexibility index (Phi) is 6.62. The van der Waals surface area contributed by atoms with Crippen molar-refractivity contribution in [1.29, 1.82) is 0 Å². The summed E-state index contributed by atoms with van der Waals surface area (Å²) in [6.45, 7) is 8.88. The van der Waals surface area contributed by atoms with Crippen molar-refractivity contribution in [3.63, 3.8) is 0 Å². The Balaban J connectivity index is 1.38. The van der Waals surface area contributed by atoms with Gasteiger partial charge in [-0.1, -0.05) is 50.2 Å². The van der Waals surface area contributed by atoms with Crippen LogP contribution in [0.1, 0.15) is 36.9 Å². The van der Waals surface area contributed by atoms with Crippen LogP contribution in [0.4, 0.5) is 23.0 Å². The first-order chi connectivity index (χ1) is 17.8. The summed E-state index contributed by atoms with van der Waals surface area (Å²) in [5, 5.41) is 11.4. The Morgan fingerprint density at radius 1 is 0.973 bits per heavy atom. The number of pyridine rings is 1. The second-order valence-corrected chi connectivity index (χ2v) is 9.94. The third-order valence-electron chi connectivity index (χ3n) is 6.23. The van der Waals surface area contributed by atoms with Gasteiger partial charge < -0.3 is 24.8 Å². The Morgan fingerprint density at radius 3 is 2.46 bits per heavy atom. The number of nitrogens with one attached hydrogen (secondary N) is 2. The van der Waals surface area contributed by atoms with Crippen molar-refractivity contribution >= 4 is 45.5 Å². The van der Waals surface area contributed by atoms with Gasteiger partial charge in [-0.2, -0.15) is 0 Å². The molecule has 4 aromatic rings. The summed E-state index contributed by atoms with van der Waals surface area (Å²) in [6, 6.07) is 16.5. The Bertz CT molecular complexity index is 1450. The van der Waals surface area contributed by atoms with Crippen molar-refractivity contribution in [2.45, 2.75) is 26.2 Å². The third kappa shape index (κ3) is 5.31. The second kappa shape index (κ2) is 10.0. The monoisotopic (exact) mass is 499 g/mol. The van der Waals surface area contributed by atoms with Crippen LogP contribution in [-0.4, -0.2) is 48.1 Å². The highest BCUT2D eigenvalue weighted by atomic mass is 16.5. The lowest BCUT2D eigenvalue weighted by atomic mass is 9.93. The van der Waals surface area contributed by atoms with Gasteiger partial charge in [-0.3, -0.25) is 9.59 Å². The van der Waals surface area contributed by atoms with E-state index in [4.69, 9.17) is 9.26 Å². The maximum Gasteiger partial charge on any atom is 0.298 e. The highest BCUT2D eigenvalue weighted by molar-refractivity contribution is 6.48. The normalized spacial score (nSPS) is 14.0. The average Bonchev–Trinajstić information content (AvgIpc) is 3.38. The van der Waals surface area contributed by atoms with E-state index in [1.807, 2.05) is 63.2 Å². The number of nitrogens with zero attached hydrogens (tertiary/aromatic N) is 3. The van der Waals surface area contributed by atoms with Crippen LogP contribution >= 0.6 is 0 Å². The maximum absolute atomic E-state index is 13.1. The SMILES string of the molecule is CC(C)(C)c1cc(NC(=O)C(=O)c2ccc(Nc3ccnc(N4CCOCC4)c3)c3ccccc23)no1. The molecule has 0 bridgehead atoms. The van der Waals surface area contributed by atoms with Crippen LogP contribution in [0.15, 0.2) is 65.3 Å². The summed E-state index contributed by atoms with van der Waals surface area (Å²) in [6.07, 6.45) is 1.77. The van der Waals surface area contributed by atoms with Crippen LogP contribution in [0, 0.1) is 0 Å². The zero-order valence-electron chi connectivity index (χ0n) is 21.1. The molecule has 0 spiro atoms. The summed E-state index contributed by atoms with van der Waals surface area (Å²) < 4.78 is 10.7. The molecule has 2 aromatic carbocycles. The van der Waals surface area contributed by atoms with Crippen LogP contribution in [0.25, 0.3) is 10.8 Å². The van der Waals surface area contributed by atoms with Crippen LogP contribution in [0.3, 0.4) is 0 Å². The molecule has 3 heterocycles. The van der Waals surface area contributed by atoms with Gasteiger partial charge in [0.05, 0.1) is 13.2 Å². The predicted octanol–water partition coefficient (Wildman–Crippen LogP) is 4.92. The molecule has 1 fully saturated rings. The molecule has 0 saturated carbocycles. The number of benzene rings is 2. The van der Waals surface area contributed by atoms with Gasteiger partial charge in [0, 0.05) is 59.2 Å². The lowest BCUT2D eigenvalue weighted by molar-refractivity contribution is -0.112. The predicted molar refractivity (Wildman–Crippen MR) is 143 cm³/mol. The standard InChI is InChI=1S/C28H29N5O4/c1-28(2,3)23-17-24(32-37-23)31-27(35)26(34)21-8-9-22(20-7-5-4-6-19(20)21)30-18-10-11-29-25(16-18)33-12-14-36-15-13-33/h4-11,16-17H,12-15H2,1-3H3,(H,29,30)(H,31,32,35). The highest BCUT2D eigenvalue weighted by Crippen LogP contribution is 2.31. The quantitative estimate of drug-likeness (QED) is 0.284. The minimum absolute atomic E-state index is 0.208. The van der Waals surface area contributed by atoms with Crippen LogP contribution in [0.2, 0.25) is 0 Å². The zero-order valence-corrected chi connectivity index (χ0v) is 21.1. The van der Waals surface area contributed by atoms with Crippen molar-refractivity contribution < 1.29 is 18.8 Å². The number of Topliss-reactive ketones (excluding diaryl/α,β-unsaturated/α-hetero) is 1. The second-order valence-electron chi connectivity index (χ2n) is 9.94. The fraction of sp³-hybridized carbons (Fsp3) is 0.286. The van der Waals surface area contributed by atoms with E-state index in [0.717, 1.165) is 35.7 Å². The average molecular weight is 500 g/mol. The van der Waals surface area contributed by atoms with Crippen molar-refractivity contribution in [2.24, 2.45) is 0 Å². The molecule has 2 aromatic heterocycles. The number of hydrogen-bond acceptors (Lipinski definition) is 8. The molecule has 0 unspecified atom stereocenters. The van der Waals surface area contributed by atoms with Crippen molar-refractivity contribution in [1.82, 2.24) is 10.1 Å². The van der Waals surface area contributed by atoms with Crippen molar-refractivity contribution in [2.75, 3.05) is 41.8 Å². The minimum atomic E-state index is -0.774. The first-order valence-electron chi connectivity index (χ1n) is 12.2. The molecule has 37 heavy (non-hydrogen) atoms. The maximum atomic E-state index is 13.1. The van der Waals surface area contributed by atoms with Gasteiger partial charge in [0.25, 0.3) is 11.7 Å². The molecule has 0 atom stereocenters. The van der Waals surface area contributed by atoms with E-state index in [9.17, 15) is 9.59 Å². The molecule has 1 amide bonds. The molecule has 190 valence electrons. The van der Waals surface area contributed by atoms with Crippen molar-refractivity contribution in [3.8, 4) is 0 Å². The number of carbonyl (C=O) groups is 2. The van der Waals surface area contributed by atoms with Crippen LogP contribution in [0.5, 0.6) is 0 Å². The minimum Gasteiger partial charge on any atom is -0.378 e. The number of rotatable bonds is 6. The van der Waals surface area contributed by atoms with Crippen LogP contribution in [-0.2, 0) is 14.9 Å². The summed E-state index contributed by atoms with van der Waals surface area (Å²) in [5.41, 5.74) is 1.73. The number of morpholine rings is 1. The lowest BCUT2D eigenvalue weighted by Crippen LogP contribution is -2.36. The molecule has 1 aliphatic rings. The van der Waals surface area contributed by atoms with E-state index in [-0.39, 0.29) is 11.2 Å². The highest BCUT2D eigenvalue weighted by Gasteiger charge is 2.24. The number of amides is 1. The number of carbonyl (C=O) groups excluding carboxylic acids is 2. The summed E-state index contributed by atoms with van der Waals surface area (Å²) in [5.74, 6) is 0.276. The van der Waals surface area contributed by atoms with E-state index in [0.29, 0.717) is 29.9 Å². The molecule has 1 aliphatic heterocycles. The first-order valence-corrected chi connectivity index (χ1v) is 12.2. The number of anilines is 4. The molecule has 0 aliphatic carbocycles. The number of aromatic nitrogens is 2. The topological polar surface area (TPSA) is 110 Å². The lowest BCUT2D eigenvalue weighted by Gasteiger charge is -2.28. The number of hydrogen-bond donors (Lipinski definition) is 2. The van der Waals surface area contributed by atoms with E-state index in [1.165, 1.54) is 0 Å². The number of ether oxygens (including phenoxy) is 1. The molecule has 5 rings (SSSR count). The summed E-state index contributed by atoms with van der Waals surface area (Å²) in [7, 11) is 0. The van der Waals surface area contributed by atoms with Gasteiger partial charge in [0.1, 0.15) is 11.6 Å². The number of fused-ring (bicyclic) bond motifs is 1. The van der Waals surface area contributed by atoms with Crippen LogP contribution < -0.4 is 15.5 Å². The van der Waals surface area contributed by atoms with E-state index in [2.05, 4.69) is 25.7 Å². The molecule has 0 radical (unpaired) electrons. The van der Waals surface area contributed by atoms with Gasteiger partial charge in [-0.25, -0.2) is 4.98 Å². The largest absolute Gasteiger partial charge is 0.378 e. The van der Waals surface area contributed by atoms with Gasteiger partial charge >= 0.3 is 0 Å². The molecule has 9 heteroatoms. The Hall–Kier alpha value is -4.24. The fourth-order valence-corrected chi connectivity index (χ4v) is 4.21. The molecular weight excluding hydrogens is 470 g/mol. The number of ketones is 1.